The van der Waals surface area contributed by atoms with Gasteiger partial charge in [-0.15, -0.1) is 0 Å². The molecule has 0 saturated carbocycles. The van der Waals surface area contributed by atoms with Crippen LogP contribution in [0.4, 0.5) is 0 Å². The Bertz CT molecular complexity index is 165. The molecule has 84 valence electrons. The van der Waals surface area contributed by atoms with Crippen LogP contribution in [0.1, 0.15) is 0 Å². The van der Waals surface area contributed by atoms with Crippen molar-refractivity contribution in [2.75, 3.05) is 33.9 Å². The highest BCUT2D eigenvalue weighted by Crippen LogP contribution is 1.85. The Hall–Kier alpha value is -0.690. The Balaban J connectivity index is 3.80. The van der Waals surface area contributed by atoms with Gasteiger partial charge in [-0.3, -0.25) is 4.79 Å². The van der Waals surface area contributed by atoms with Gasteiger partial charge in [-0.25, -0.2) is 0 Å². The molecule has 0 heterocycles. The zero-order valence-corrected chi connectivity index (χ0v) is 8.49. The van der Waals surface area contributed by atoms with E-state index in [-0.39, 0.29) is 25.7 Å². The third-order valence-corrected chi connectivity index (χ3v) is 1.72. The molecule has 2 atom stereocenters. The average Bonchev–Trinajstić information content (AvgIpc) is 2.21. The fraction of sp³-hybridized carbons (Fsp3) is 0.875. The second-order valence-electron chi connectivity index (χ2n) is 2.88. The lowest BCUT2D eigenvalue weighted by Gasteiger charge is -2.16. The fourth-order valence-electron chi connectivity index (χ4n) is 0.863. The van der Waals surface area contributed by atoms with Gasteiger partial charge >= 0.3 is 0 Å². The number of likely N-dealkylation sites (N-methyl/N-ethyl adjacent to an activating group) is 1. The number of carbonyl (C=O) groups excluding carboxylic acids is 1. The molecule has 0 spiro atoms. The molecule has 0 aliphatic heterocycles. The van der Waals surface area contributed by atoms with E-state index in [0.717, 1.165) is 0 Å². The summed E-state index contributed by atoms with van der Waals surface area (Å²) in [6, 6.07) is -0.439. The Labute approximate surface area is 83.3 Å². The predicted octanol–water partition coefficient (Wildman–Crippen LogP) is -2.31. The summed E-state index contributed by atoms with van der Waals surface area (Å²) < 4.78 is 4.81. The maximum atomic E-state index is 11.3. The highest BCUT2D eigenvalue weighted by Gasteiger charge is 2.16. The lowest BCUT2D eigenvalue weighted by atomic mass is 10.3. The molecule has 0 aliphatic carbocycles. The van der Waals surface area contributed by atoms with Crippen LogP contribution in [-0.4, -0.2) is 62.2 Å². The van der Waals surface area contributed by atoms with Crippen LogP contribution in [0.2, 0.25) is 0 Å². The summed E-state index contributed by atoms with van der Waals surface area (Å²) in [5, 5.41) is 22.7. The number of rotatable bonds is 7. The van der Waals surface area contributed by atoms with Crippen LogP contribution in [0, 0.1) is 0 Å². The zero-order valence-electron chi connectivity index (χ0n) is 8.49. The van der Waals surface area contributed by atoms with E-state index in [9.17, 15) is 4.79 Å². The molecule has 0 fully saturated rings. The summed E-state index contributed by atoms with van der Waals surface area (Å²) in [5.74, 6) is -0.262. The maximum absolute atomic E-state index is 11.3. The number of methoxy groups -OCH3 is 1. The van der Waals surface area contributed by atoms with Gasteiger partial charge in [0, 0.05) is 13.7 Å². The van der Waals surface area contributed by atoms with Gasteiger partial charge in [-0.2, -0.15) is 0 Å². The van der Waals surface area contributed by atoms with Gasteiger partial charge in [0.15, 0.2) is 0 Å². The number of hydrogen-bond donors (Lipinski definition) is 4. The van der Waals surface area contributed by atoms with Gasteiger partial charge in [-0.05, 0) is 7.05 Å². The summed E-state index contributed by atoms with van der Waals surface area (Å²) in [7, 11) is 3.14. The van der Waals surface area contributed by atoms with E-state index in [1.54, 1.807) is 7.05 Å². The highest BCUT2D eigenvalue weighted by molar-refractivity contribution is 5.81. The lowest BCUT2D eigenvalue weighted by Crippen LogP contribution is -2.47. The minimum absolute atomic E-state index is 0.0389. The van der Waals surface area contributed by atoms with Crippen molar-refractivity contribution < 1.29 is 19.7 Å². The molecule has 2 unspecified atom stereocenters. The van der Waals surface area contributed by atoms with Gasteiger partial charge < -0.3 is 25.6 Å². The molecule has 14 heavy (non-hydrogen) atoms. The van der Waals surface area contributed by atoms with Crippen molar-refractivity contribution in [1.29, 1.82) is 0 Å². The first kappa shape index (κ1) is 13.3. The Morgan fingerprint density at radius 3 is 2.64 bits per heavy atom. The van der Waals surface area contributed by atoms with Gasteiger partial charge in [0.25, 0.3) is 0 Å². The molecule has 0 aliphatic rings. The normalized spacial score (nSPS) is 14.9. The SMILES string of the molecule is CNC(COC)C(=O)NCC(O)CO. The van der Waals surface area contributed by atoms with E-state index in [2.05, 4.69) is 10.6 Å². The molecule has 4 N–H and O–H groups in total. The van der Waals surface area contributed by atoms with Crippen molar-refractivity contribution in [1.82, 2.24) is 10.6 Å². The molecular formula is C8H18N2O4. The first-order valence-electron chi connectivity index (χ1n) is 4.38. The monoisotopic (exact) mass is 206 g/mol. The topological polar surface area (TPSA) is 90.8 Å². The standard InChI is InChI=1S/C8H18N2O4/c1-9-7(5-14-2)8(13)10-3-6(12)4-11/h6-7,9,11-12H,3-5H2,1-2H3,(H,10,13). The third-order valence-electron chi connectivity index (χ3n) is 1.72. The number of hydrogen-bond acceptors (Lipinski definition) is 5. The highest BCUT2D eigenvalue weighted by atomic mass is 16.5. The number of carbonyl (C=O) groups is 1. The molecular weight excluding hydrogens is 188 g/mol. The van der Waals surface area contributed by atoms with Crippen LogP contribution in [0.15, 0.2) is 0 Å². The van der Waals surface area contributed by atoms with Gasteiger partial charge in [0.05, 0.1) is 19.3 Å². The first-order valence-corrected chi connectivity index (χ1v) is 4.38. The number of aliphatic hydroxyl groups excluding tert-OH is 2. The van der Waals surface area contributed by atoms with Gasteiger partial charge in [0.2, 0.25) is 5.91 Å². The third kappa shape index (κ3) is 5.13. The maximum Gasteiger partial charge on any atom is 0.239 e. The van der Waals surface area contributed by atoms with E-state index in [0.29, 0.717) is 0 Å². The fourth-order valence-corrected chi connectivity index (χ4v) is 0.863. The molecule has 0 bridgehead atoms. The van der Waals surface area contributed by atoms with Crippen LogP contribution in [0.3, 0.4) is 0 Å². The van der Waals surface area contributed by atoms with Crippen molar-refractivity contribution in [3.8, 4) is 0 Å². The quantitative estimate of drug-likeness (QED) is 0.376. The molecule has 0 aromatic rings. The molecule has 1 amide bonds. The Kier molecular flexibility index (Phi) is 7.31. The smallest absolute Gasteiger partial charge is 0.239 e. The molecule has 0 radical (unpaired) electrons. The summed E-state index contributed by atoms with van der Waals surface area (Å²) in [6.45, 7) is -0.0659. The summed E-state index contributed by atoms with van der Waals surface area (Å²) >= 11 is 0. The van der Waals surface area contributed by atoms with E-state index in [4.69, 9.17) is 14.9 Å². The van der Waals surface area contributed by atoms with E-state index in [1.165, 1.54) is 7.11 Å². The molecule has 0 aromatic heterocycles. The van der Waals surface area contributed by atoms with Gasteiger partial charge in [-0.1, -0.05) is 0 Å². The largest absolute Gasteiger partial charge is 0.394 e. The predicted molar refractivity (Wildman–Crippen MR) is 50.8 cm³/mol. The number of aliphatic hydroxyl groups is 2. The Morgan fingerprint density at radius 2 is 2.21 bits per heavy atom. The molecule has 0 saturated heterocycles. The van der Waals surface area contributed by atoms with Crippen molar-refractivity contribution >= 4 is 5.91 Å². The van der Waals surface area contributed by atoms with Crippen LogP contribution in [0.5, 0.6) is 0 Å². The van der Waals surface area contributed by atoms with Gasteiger partial charge in [0.1, 0.15) is 6.04 Å². The molecule has 0 rings (SSSR count). The van der Waals surface area contributed by atoms with Crippen molar-refractivity contribution in [2.24, 2.45) is 0 Å². The van der Waals surface area contributed by atoms with Crippen LogP contribution >= 0.6 is 0 Å². The Morgan fingerprint density at radius 1 is 1.57 bits per heavy atom. The number of amides is 1. The lowest BCUT2D eigenvalue weighted by molar-refractivity contribution is -0.124. The summed E-state index contributed by atoms with van der Waals surface area (Å²) in [6.07, 6.45) is -0.918. The van der Waals surface area contributed by atoms with E-state index < -0.39 is 12.1 Å². The van der Waals surface area contributed by atoms with Crippen molar-refractivity contribution in [2.45, 2.75) is 12.1 Å². The van der Waals surface area contributed by atoms with Crippen LogP contribution < -0.4 is 10.6 Å². The van der Waals surface area contributed by atoms with Crippen LogP contribution in [-0.2, 0) is 9.53 Å². The molecule has 6 heteroatoms. The van der Waals surface area contributed by atoms with Crippen molar-refractivity contribution in [3.63, 3.8) is 0 Å². The first-order chi connectivity index (χ1) is 6.65. The number of ether oxygens (including phenoxy) is 1. The molecule has 6 nitrogen and oxygen atoms in total. The summed E-state index contributed by atoms with van der Waals surface area (Å²) in [5.41, 5.74) is 0. The average molecular weight is 206 g/mol. The van der Waals surface area contributed by atoms with Crippen LogP contribution in [0.25, 0.3) is 0 Å². The van der Waals surface area contributed by atoms with Crippen molar-refractivity contribution in [3.05, 3.63) is 0 Å². The van der Waals surface area contributed by atoms with E-state index >= 15 is 0 Å². The zero-order chi connectivity index (χ0) is 11.0. The summed E-state index contributed by atoms with van der Waals surface area (Å²) in [4.78, 5) is 11.3. The van der Waals surface area contributed by atoms with E-state index in [1.807, 2.05) is 0 Å². The minimum atomic E-state index is -0.918. The second kappa shape index (κ2) is 7.69. The molecule has 0 aromatic carbocycles. The minimum Gasteiger partial charge on any atom is -0.394 e. The second-order valence-corrected chi connectivity index (χ2v) is 2.88. The number of nitrogens with one attached hydrogen (secondary N) is 2.